The number of anilines is 1. The van der Waals surface area contributed by atoms with Crippen molar-refractivity contribution in [2.75, 3.05) is 12.4 Å². The Bertz CT molecular complexity index is 664. The molecule has 0 saturated heterocycles. The molecule has 1 atom stereocenters. The molecule has 2 aromatic rings. The third-order valence-electron chi connectivity index (χ3n) is 3.17. The van der Waals surface area contributed by atoms with E-state index in [4.69, 9.17) is 4.74 Å². The summed E-state index contributed by atoms with van der Waals surface area (Å²) in [5.41, 5.74) is 1.52. The van der Waals surface area contributed by atoms with E-state index in [0.717, 1.165) is 11.3 Å². The summed E-state index contributed by atoms with van der Waals surface area (Å²) in [6.45, 7) is 1.94. The summed E-state index contributed by atoms with van der Waals surface area (Å²) in [5, 5.41) is 13.2. The molecule has 0 spiro atoms. The van der Waals surface area contributed by atoms with Crippen LogP contribution in [0.25, 0.3) is 0 Å². The molecule has 20 heavy (non-hydrogen) atoms. The number of aromatic hydroxyl groups is 1. The Morgan fingerprint density at radius 1 is 1.30 bits per heavy atom. The molecule has 5 nitrogen and oxygen atoms in total. The van der Waals surface area contributed by atoms with Gasteiger partial charge in [-0.05, 0) is 25.1 Å². The van der Waals surface area contributed by atoms with Gasteiger partial charge in [0.25, 0.3) is 0 Å². The van der Waals surface area contributed by atoms with Crippen molar-refractivity contribution in [3.05, 3.63) is 52.4 Å². The van der Waals surface area contributed by atoms with Crippen molar-refractivity contribution in [3.63, 3.8) is 0 Å². The van der Waals surface area contributed by atoms with Crippen LogP contribution in [0.2, 0.25) is 0 Å². The molecule has 0 saturated carbocycles. The minimum absolute atomic E-state index is 0.0597. The molecule has 1 aromatic carbocycles. The lowest BCUT2D eigenvalue weighted by molar-refractivity contribution is 0.406. The predicted octanol–water partition coefficient (Wildman–Crippen LogP) is 2.27. The summed E-state index contributed by atoms with van der Waals surface area (Å²) in [4.78, 5) is 11.3. The van der Waals surface area contributed by atoms with E-state index < -0.39 is 0 Å². The number of nitrogens with one attached hydrogen (secondary N) is 1. The number of rotatable bonds is 4. The van der Waals surface area contributed by atoms with Crippen LogP contribution >= 0.6 is 0 Å². The fourth-order valence-corrected chi connectivity index (χ4v) is 2.02. The molecule has 1 heterocycles. The maximum absolute atomic E-state index is 11.3. The smallest absolute Gasteiger partial charge is 0.250 e. The average molecular weight is 274 g/mol. The monoisotopic (exact) mass is 274 g/mol. The van der Waals surface area contributed by atoms with Gasteiger partial charge in [-0.2, -0.15) is 0 Å². The lowest BCUT2D eigenvalue weighted by Gasteiger charge is -2.17. The van der Waals surface area contributed by atoms with Crippen LogP contribution in [0.4, 0.5) is 5.69 Å². The van der Waals surface area contributed by atoms with Gasteiger partial charge in [-0.1, -0.05) is 0 Å². The van der Waals surface area contributed by atoms with Crippen molar-refractivity contribution < 1.29 is 9.84 Å². The van der Waals surface area contributed by atoms with Gasteiger partial charge in [-0.3, -0.25) is 4.79 Å². The third-order valence-corrected chi connectivity index (χ3v) is 3.17. The highest BCUT2D eigenvalue weighted by Crippen LogP contribution is 2.30. The number of benzene rings is 1. The van der Waals surface area contributed by atoms with Crippen molar-refractivity contribution in [1.82, 2.24) is 4.57 Å². The Kier molecular flexibility index (Phi) is 3.98. The average Bonchev–Trinajstić information content (AvgIpc) is 2.42. The minimum atomic E-state index is -0.0987. The van der Waals surface area contributed by atoms with Gasteiger partial charge in [-0.15, -0.1) is 0 Å². The van der Waals surface area contributed by atoms with Crippen LogP contribution in [0.5, 0.6) is 11.5 Å². The normalized spacial score (nSPS) is 11.9. The second-order valence-electron chi connectivity index (χ2n) is 4.66. The third kappa shape index (κ3) is 2.93. The fraction of sp³-hybridized carbons (Fsp3) is 0.267. The van der Waals surface area contributed by atoms with E-state index in [1.165, 1.54) is 10.6 Å². The fourth-order valence-electron chi connectivity index (χ4n) is 2.02. The molecule has 0 bridgehead atoms. The molecule has 5 heteroatoms. The number of hydrogen-bond donors (Lipinski definition) is 2. The Labute approximate surface area is 117 Å². The number of aryl methyl sites for hydroxylation is 1. The quantitative estimate of drug-likeness (QED) is 0.897. The molecule has 0 aliphatic rings. The maximum atomic E-state index is 11.3. The van der Waals surface area contributed by atoms with Gasteiger partial charge in [0.1, 0.15) is 11.5 Å². The molecule has 0 fully saturated rings. The first-order valence-corrected chi connectivity index (χ1v) is 6.31. The van der Waals surface area contributed by atoms with Gasteiger partial charge >= 0.3 is 0 Å². The minimum Gasteiger partial charge on any atom is -0.507 e. The Morgan fingerprint density at radius 3 is 2.65 bits per heavy atom. The van der Waals surface area contributed by atoms with Gasteiger partial charge in [0, 0.05) is 30.9 Å². The zero-order chi connectivity index (χ0) is 14.7. The molecule has 2 N–H and O–H groups in total. The van der Waals surface area contributed by atoms with Gasteiger partial charge in [-0.25, -0.2) is 0 Å². The molecular weight excluding hydrogens is 256 g/mol. The van der Waals surface area contributed by atoms with E-state index >= 15 is 0 Å². The molecule has 2 rings (SSSR count). The Hall–Kier alpha value is -2.43. The number of phenolic OH excluding ortho intramolecular Hbond substituents is 1. The number of phenols is 1. The Balaban J connectivity index is 2.21. The number of methoxy groups -OCH3 is 1. The molecule has 0 aliphatic carbocycles. The highest BCUT2D eigenvalue weighted by Gasteiger charge is 2.11. The summed E-state index contributed by atoms with van der Waals surface area (Å²) in [7, 11) is 3.25. The van der Waals surface area contributed by atoms with E-state index in [9.17, 15) is 9.90 Å². The second kappa shape index (κ2) is 5.69. The topological polar surface area (TPSA) is 63.5 Å². The first-order valence-electron chi connectivity index (χ1n) is 6.31. The lowest BCUT2D eigenvalue weighted by atomic mass is 10.1. The van der Waals surface area contributed by atoms with Crippen molar-refractivity contribution in [2.24, 2.45) is 7.05 Å². The standard InChI is InChI=1S/C15H18N2O3/c1-10(13-6-5-12(20-3)8-14(13)18)16-11-4-7-15(19)17(2)9-11/h4-10,16,18H,1-3H3. The summed E-state index contributed by atoms with van der Waals surface area (Å²) >= 11 is 0. The van der Waals surface area contributed by atoms with E-state index in [1.54, 1.807) is 38.6 Å². The number of hydrogen-bond acceptors (Lipinski definition) is 4. The summed E-state index contributed by atoms with van der Waals surface area (Å²) in [5.74, 6) is 0.787. The SMILES string of the molecule is COc1ccc(C(C)Nc2ccc(=O)n(C)c2)c(O)c1. The zero-order valence-corrected chi connectivity index (χ0v) is 11.8. The van der Waals surface area contributed by atoms with E-state index in [2.05, 4.69) is 5.32 Å². The highest BCUT2D eigenvalue weighted by molar-refractivity contribution is 5.47. The second-order valence-corrected chi connectivity index (χ2v) is 4.66. The van der Waals surface area contributed by atoms with Crippen LogP contribution in [0.15, 0.2) is 41.3 Å². The molecular formula is C15H18N2O3. The summed E-state index contributed by atoms with van der Waals surface area (Å²) < 4.78 is 6.56. The van der Waals surface area contributed by atoms with Crippen LogP contribution in [-0.2, 0) is 7.05 Å². The summed E-state index contributed by atoms with van der Waals surface area (Å²) in [6, 6.07) is 8.32. The van der Waals surface area contributed by atoms with Crippen molar-refractivity contribution >= 4 is 5.69 Å². The molecule has 1 aromatic heterocycles. The molecule has 0 aliphatic heterocycles. The van der Waals surface area contributed by atoms with Gasteiger partial charge in [0.2, 0.25) is 5.56 Å². The van der Waals surface area contributed by atoms with Crippen LogP contribution in [-0.4, -0.2) is 16.8 Å². The van der Waals surface area contributed by atoms with E-state index in [1.807, 2.05) is 13.0 Å². The molecule has 0 amide bonds. The van der Waals surface area contributed by atoms with Gasteiger partial charge in [0.15, 0.2) is 0 Å². The highest BCUT2D eigenvalue weighted by atomic mass is 16.5. The van der Waals surface area contributed by atoms with Crippen molar-refractivity contribution in [1.29, 1.82) is 0 Å². The van der Waals surface area contributed by atoms with Crippen molar-refractivity contribution in [3.8, 4) is 11.5 Å². The lowest BCUT2D eigenvalue weighted by Crippen LogP contribution is -2.16. The van der Waals surface area contributed by atoms with E-state index in [0.29, 0.717) is 5.75 Å². The van der Waals surface area contributed by atoms with Crippen LogP contribution < -0.4 is 15.6 Å². The Morgan fingerprint density at radius 2 is 2.05 bits per heavy atom. The zero-order valence-electron chi connectivity index (χ0n) is 11.8. The number of aromatic nitrogens is 1. The molecule has 106 valence electrons. The number of pyridine rings is 1. The maximum Gasteiger partial charge on any atom is 0.250 e. The van der Waals surface area contributed by atoms with Crippen LogP contribution in [0.1, 0.15) is 18.5 Å². The first kappa shape index (κ1) is 14.0. The largest absolute Gasteiger partial charge is 0.507 e. The molecule has 0 radical (unpaired) electrons. The predicted molar refractivity (Wildman–Crippen MR) is 78.4 cm³/mol. The number of nitrogens with zero attached hydrogens (tertiary/aromatic N) is 1. The van der Waals surface area contributed by atoms with E-state index in [-0.39, 0.29) is 17.4 Å². The van der Waals surface area contributed by atoms with Crippen molar-refractivity contribution in [2.45, 2.75) is 13.0 Å². The van der Waals surface area contributed by atoms with Crippen LogP contribution in [0, 0.1) is 0 Å². The molecule has 1 unspecified atom stereocenters. The first-order chi connectivity index (χ1) is 9.51. The van der Waals surface area contributed by atoms with Crippen LogP contribution in [0.3, 0.4) is 0 Å². The summed E-state index contributed by atoms with van der Waals surface area (Å²) in [6.07, 6.45) is 1.72. The number of ether oxygens (including phenoxy) is 1. The van der Waals surface area contributed by atoms with Gasteiger partial charge < -0.3 is 19.7 Å². The van der Waals surface area contributed by atoms with Gasteiger partial charge in [0.05, 0.1) is 18.8 Å².